The van der Waals surface area contributed by atoms with E-state index in [-0.39, 0.29) is 5.82 Å². The summed E-state index contributed by atoms with van der Waals surface area (Å²) in [4.78, 5) is 8.53. The van der Waals surface area contributed by atoms with E-state index in [1.807, 2.05) is 54.9 Å². The van der Waals surface area contributed by atoms with Gasteiger partial charge in [0.05, 0.1) is 0 Å². The fourth-order valence-electron chi connectivity index (χ4n) is 2.93. The van der Waals surface area contributed by atoms with Crippen LogP contribution in [0.1, 0.15) is 11.1 Å². The van der Waals surface area contributed by atoms with E-state index in [4.69, 9.17) is 4.74 Å². The SMILES string of the molecule is Fc1ccc(-c2ccc(Oc3ccc(CCc4cccnc4)cn3)cc2)cc1. The number of pyridine rings is 2. The molecule has 4 aromatic rings. The molecule has 0 spiro atoms. The largest absolute Gasteiger partial charge is 0.439 e. The van der Waals surface area contributed by atoms with Crippen LogP contribution in [0.25, 0.3) is 11.1 Å². The molecule has 0 saturated carbocycles. The molecule has 0 aliphatic heterocycles. The van der Waals surface area contributed by atoms with Crippen molar-refractivity contribution in [1.29, 1.82) is 0 Å². The van der Waals surface area contributed by atoms with Gasteiger partial charge in [0.25, 0.3) is 0 Å². The molecule has 4 heteroatoms. The number of hydrogen-bond acceptors (Lipinski definition) is 3. The van der Waals surface area contributed by atoms with E-state index in [1.165, 1.54) is 17.7 Å². The van der Waals surface area contributed by atoms with Gasteiger partial charge in [0, 0.05) is 24.7 Å². The molecule has 0 aliphatic rings. The minimum Gasteiger partial charge on any atom is -0.439 e. The summed E-state index contributed by atoms with van der Waals surface area (Å²) in [7, 11) is 0. The maximum Gasteiger partial charge on any atom is 0.219 e. The predicted octanol–water partition coefficient (Wildman–Crippen LogP) is 5.86. The lowest BCUT2D eigenvalue weighted by Crippen LogP contribution is -1.94. The van der Waals surface area contributed by atoms with Crippen LogP contribution in [-0.2, 0) is 12.8 Å². The standard InChI is InChI=1S/C24H19FN2O/c25-22-10-6-20(7-11-22)21-8-12-23(13-9-21)28-24-14-5-19(17-27-24)4-3-18-2-1-15-26-16-18/h1-2,5-17H,3-4H2. The minimum atomic E-state index is -0.237. The second-order valence-electron chi connectivity index (χ2n) is 6.50. The van der Waals surface area contributed by atoms with E-state index in [9.17, 15) is 4.39 Å². The lowest BCUT2D eigenvalue weighted by atomic mass is 10.1. The van der Waals surface area contributed by atoms with Gasteiger partial charge in [-0.25, -0.2) is 9.37 Å². The van der Waals surface area contributed by atoms with Crippen LogP contribution in [0.15, 0.2) is 91.4 Å². The molecule has 0 unspecified atom stereocenters. The molecule has 28 heavy (non-hydrogen) atoms. The van der Waals surface area contributed by atoms with Crippen LogP contribution in [0.4, 0.5) is 4.39 Å². The molecule has 0 aliphatic carbocycles. The van der Waals surface area contributed by atoms with Crippen LogP contribution in [0, 0.1) is 5.82 Å². The molecule has 2 aromatic heterocycles. The summed E-state index contributed by atoms with van der Waals surface area (Å²) in [6.45, 7) is 0. The van der Waals surface area contributed by atoms with Crippen LogP contribution >= 0.6 is 0 Å². The summed E-state index contributed by atoms with van der Waals surface area (Å²) in [5.41, 5.74) is 4.34. The zero-order chi connectivity index (χ0) is 19.2. The Balaban J connectivity index is 1.37. The molecule has 2 heterocycles. The first-order chi connectivity index (χ1) is 13.8. The third kappa shape index (κ3) is 4.60. The van der Waals surface area contributed by atoms with Crippen molar-refractivity contribution >= 4 is 0 Å². The molecular weight excluding hydrogens is 351 g/mol. The van der Waals surface area contributed by atoms with Gasteiger partial charge in [0.1, 0.15) is 11.6 Å². The molecule has 0 amide bonds. The minimum absolute atomic E-state index is 0.237. The second-order valence-corrected chi connectivity index (χ2v) is 6.50. The lowest BCUT2D eigenvalue weighted by molar-refractivity contribution is 0.462. The highest BCUT2D eigenvalue weighted by molar-refractivity contribution is 5.64. The number of hydrogen-bond donors (Lipinski definition) is 0. The summed E-state index contributed by atoms with van der Waals surface area (Å²) >= 11 is 0. The number of benzene rings is 2. The zero-order valence-corrected chi connectivity index (χ0v) is 15.3. The van der Waals surface area contributed by atoms with Gasteiger partial charge >= 0.3 is 0 Å². The quantitative estimate of drug-likeness (QED) is 0.426. The van der Waals surface area contributed by atoms with E-state index >= 15 is 0 Å². The van der Waals surface area contributed by atoms with Gasteiger partial charge in [-0.2, -0.15) is 0 Å². The average molecular weight is 370 g/mol. The van der Waals surface area contributed by atoms with Gasteiger partial charge in [-0.05, 0) is 65.4 Å². The molecule has 0 saturated heterocycles. The second kappa shape index (κ2) is 8.44. The Morgan fingerprint density at radius 3 is 2.00 bits per heavy atom. The number of rotatable bonds is 6. The van der Waals surface area contributed by atoms with Gasteiger partial charge in [0.2, 0.25) is 5.88 Å². The molecule has 0 fully saturated rings. The van der Waals surface area contributed by atoms with E-state index in [2.05, 4.69) is 16.0 Å². The highest BCUT2D eigenvalue weighted by atomic mass is 19.1. The highest BCUT2D eigenvalue weighted by Crippen LogP contribution is 2.25. The van der Waals surface area contributed by atoms with Crippen LogP contribution in [0.5, 0.6) is 11.6 Å². The number of ether oxygens (including phenoxy) is 1. The molecule has 0 bridgehead atoms. The van der Waals surface area contributed by atoms with Gasteiger partial charge in [-0.1, -0.05) is 36.4 Å². The summed E-state index contributed by atoms with van der Waals surface area (Å²) in [6.07, 6.45) is 7.36. The molecule has 0 radical (unpaired) electrons. The van der Waals surface area contributed by atoms with Crippen molar-refractivity contribution in [2.45, 2.75) is 12.8 Å². The first kappa shape index (κ1) is 17.9. The Bertz CT molecular complexity index is 1010. The van der Waals surface area contributed by atoms with Crippen LogP contribution in [0.3, 0.4) is 0 Å². The first-order valence-corrected chi connectivity index (χ1v) is 9.14. The van der Waals surface area contributed by atoms with Gasteiger partial charge < -0.3 is 4.74 Å². The number of nitrogens with zero attached hydrogens (tertiary/aromatic N) is 2. The van der Waals surface area contributed by atoms with Gasteiger partial charge in [-0.15, -0.1) is 0 Å². The molecule has 2 aromatic carbocycles. The number of aromatic nitrogens is 2. The van der Waals surface area contributed by atoms with Gasteiger partial charge in [0.15, 0.2) is 0 Å². The van der Waals surface area contributed by atoms with E-state index in [0.29, 0.717) is 11.6 Å². The Labute approximate surface area is 163 Å². The number of halogens is 1. The van der Waals surface area contributed by atoms with Gasteiger partial charge in [-0.3, -0.25) is 4.98 Å². The Morgan fingerprint density at radius 1 is 0.714 bits per heavy atom. The third-order valence-corrected chi connectivity index (χ3v) is 4.48. The maximum atomic E-state index is 13.0. The van der Waals surface area contributed by atoms with E-state index in [1.54, 1.807) is 18.3 Å². The lowest BCUT2D eigenvalue weighted by Gasteiger charge is -2.07. The van der Waals surface area contributed by atoms with Crippen molar-refractivity contribution in [2.24, 2.45) is 0 Å². The van der Waals surface area contributed by atoms with Crippen molar-refractivity contribution < 1.29 is 9.13 Å². The van der Waals surface area contributed by atoms with Crippen molar-refractivity contribution in [3.05, 3.63) is 108 Å². The summed E-state index contributed by atoms with van der Waals surface area (Å²) in [6, 6.07) is 22.0. The topological polar surface area (TPSA) is 35.0 Å². The Kier molecular flexibility index (Phi) is 5.38. The Hall–Kier alpha value is -3.53. The van der Waals surface area contributed by atoms with E-state index in [0.717, 1.165) is 29.5 Å². The summed E-state index contributed by atoms with van der Waals surface area (Å²) < 4.78 is 18.9. The first-order valence-electron chi connectivity index (χ1n) is 9.14. The summed E-state index contributed by atoms with van der Waals surface area (Å²) in [5.74, 6) is 1.03. The predicted molar refractivity (Wildman–Crippen MR) is 108 cm³/mol. The molecule has 4 rings (SSSR count). The third-order valence-electron chi connectivity index (χ3n) is 4.48. The molecule has 0 atom stereocenters. The molecule has 3 nitrogen and oxygen atoms in total. The van der Waals surface area contributed by atoms with Crippen LogP contribution in [-0.4, -0.2) is 9.97 Å². The number of aryl methyl sites for hydroxylation is 2. The monoisotopic (exact) mass is 370 g/mol. The highest BCUT2D eigenvalue weighted by Gasteiger charge is 2.03. The zero-order valence-electron chi connectivity index (χ0n) is 15.3. The Morgan fingerprint density at radius 2 is 1.39 bits per heavy atom. The molecule has 138 valence electrons. The van der Waals surface area contributed by atoms with Crippen molar-refractivity contribution in [2.75, 3.05) is 0 Å². The molecule has 0 N–H and O–H groups in total. The van der Waals surface area contributed by atoms with Crippen molar-refractivity contribution in [3.8, 4) is 22.8 Å². The van der Waals surface area contributed by atoms with Crippen molar-refractivity contribution in [1.82, 2.24) is 9.97 Å². The fourth-order valence-corrected chi connectivity index (χ4v) is 2.93. The van der Waals surface area contributed by atoms with Crippen molar-refractivity contribution in [3.63, 3.8) is 0 Å². The maximum absolute atomic E-state index is 13.0. The molecular formula is C24H19FN2O. The van der Waals surface area contributed by atoms with E-state index < -0.39 is 0 Å². The van der Waals surface area contributed by atoms with Crippen LogP contribution in [0.2, 0.25) is 0 Å². The smallest absolute Gasteiger partial charge is 0.219 e. The normalized spacial score (nSPS) is 10.6. The fraction of sp³-hybridized carbons (Fsp3) is 0.0833. The van der Waals surface area contributed by atoms with Crippen LogP contribution < -0.4 is 4.74 Å². The summed E-state index contributed by atoms with van der Waals surface area (Å²) in [5, 5.41) is 0. The average Bonchev–Trinajstić information content (AvgIpc) is 2.75.